The number of hydrogen-bond donors (Lipinski definition) is 1. The van der Waals surface area contributed by atoms with E-state index < -0.39 is 0 Å². The standard InChI is InChI=1S/C13H26N2O/c1-2-15(9-12-3-4-12)11-13(10-14)5-7-16-8-6-13/h12H,2-11,14H2,1H3. The molecule has 2 N–H and O–H groups in total. The fourth-order valence-corrected chi connectivity index (χ4v) is 2.68. The van der Waals surface area contributed by atoms with Crippen LogP contribution in [0.2, 0.25) is 0 Å². The van der Waals surface area contributed by atoms with E-state index in [0.717, 1.165) is 38.5 Å². The first kappa shape index (κ1) is 12.3. The van der Waals surface area contributed by atoms with Gasteiger partial charge in [0.1, 0.15) is 0 Å². The minimum atomic E-state index is 0.336. The molecule has 94 valence electrons. The fourth-order valence-electron chi connectivity index (χ4n) is 2.68. The van der Waals surface area contributed by atoms with Crippen molar-refractivity contribution in [3.63, 3.8) is 0 Å². The van der Waals surface area contributed by atoms with Crippen LogP contribution in [-0.2, 0) is 4.74 Å². The van der Waals surface area contributed by atoms with Crippen molar-refractivity contribution in [3.8, 4) is 0 Å². The molecule has 1 aliphatic heterocycles. The normalized spacial score (nSPS) is 24.9. The highest BCUT2D eigenvalue weighted by Crippen LogP contribution is 2.33. The summed E-state index contributed by atoms with van der Waals surface area (Å²) in [6, 6.07) is 0. The molecule has 0 atom stereocenters. The number of rotatable bonds is 6. The van der Waals surface area contributed by atoms with Crippen molar-refractivity contribution in [3.05, 3.63) is 0 Å². The highest BCUT2D eigenvalue weighted by Gasteiger charge is 2.34. The molecule has 2 rings (SSSR count). The molecular weight excluding hydrogens is 200 g/mol. The summed E-state index contributed by atoms with van der Waals surface area (Å²) >= 11 is 0. The quantitative estimate of drug-likeness (QED) is 0.745. The first-order chi connectivity index (χ1) is 7.78. The van der Waals surface area contributed by atoms with Crippen LogP contribution in [-0.4, -0.2) is 44.3 Å². The smallest absolute Gasteiger partial charge is 0.0472 e. The maximum absolute atomic E-state index is 6.01. The summed E-state index contributed by atoms with van der Waals surface area (Å²) in [5.74, 6) is 0.981. The van der Waals surface area contributed by atoms with Crippen molar-refractivity contribution >= 4 is 0 Å². The van der Waals surface area contributed by atoms with E-state index in [0.29, 0.717) is 5.41 Å². The average molecular weight is 226 g/mol. The lowest BCUT2D eigenvalue weighted by Gasteiger charge is -2.40. The molecule has 0 aromatic heterocycles. The summed E-state index contributed by atoms with van der Waals surface area (Å²) in [6.45, 7) is 8.53. The van der Waals surface area contributed by atoms with Crippen molar-refractivity contribution in [1.82, 2.24) is 4.90 Å². The second kappa shape index (κ2) is 5.48. The molecule has 0 bridgehead atoms. The minimum Gasteiger partial charge on any atom is -0.381 e. The van der Waals surface area contributed by atoms with Crippen LogP contribution in [0.1, 0.15) is 32.6 Å². The predicted octanol–water partition coefficient (Wildman–Crippen LogP) is 1.47. The predicted molar refractivity (Wildman–Crippen MR) is 66.4 cm³/mol. The first-order valence-corrected chi connectivity index (χ1v) is 6.78. The third-order valence-corrected chi connectivity index (χ3v) is 4.21. The molecule has 1 saturated carbocycles. The Labute approximate surface area is 99.3 Å². The summed E-state index contributed by atoms with van der Waals surface area (Å²) in [5, 5.41) is 0. The van der Waals surface area contributed by atoms with Gasteiger partial charge < -0.3 is 15.4 Å². The van der Waals surface area contributed by atoms with Gasteiger partial charge in [-0.1, -0.05) is 6.92 Å². The van der Waals surface area contributed by atoms with E-state index in [1.807, 2.05) is 0 Å². The Morgan fingerprint density at radius 2 is 2.00 bits per heavy atom. The largest absolute Gasteiger partial charge is 0.381 e. The topological polar surface area (TPSA) is 38.5 Å². The molecule has 16 heavy (non-hydrogen) atoms. The van der Waals surface area contributed by atoms with Gasteiger partial charge in [0.25, 0.3) is 0 Å². The lowest BCUT2D eigenvalue weighted by Crippen LogP contribution is -2.46. The SMILES string of the molecule is CCN(CC1CC1)CC1(CN)CCOCC1. The van der Waals surface area contributed by atoms with Crippen molar-refractivity contribution < 1.29 is 4.74 Å². The van der Waals surface area contributed by atoms with Crippen LogP contribution < -0.4 is 5.73 Å². The monoisotopic (exact) mass is 226 g/mol. The van der Waals surface area contributed by atoms with Gasteiger partial charge in [-0.05, 0) is 50.1 Å². The first-order valence-electron chi connectivity index (χ1n) is 6.78. The molecule has 0 radical (unpaired) electrons. The van der Waals surface area contributed by atoms with Crippen LogP contribution in [0.15, 0.2) is 0 Å². The molecule has 3 heteroatoms. The van der Waals surface area contributed by atoms with Gasteiger partial charge in [-0.15, -0.1) is 0 Å². The lowest BCUT2D eigenvalue weighted by atomic mass is 9.79. The maximum Gasteiger partial charge on any atom is 0.0472 e. The summed E-state index contributed by atoms with van der Waals surface area (Å²) < 4.78 is 5.46. The molecule has 0 unspecified atom stereocenters. The average Bonchev–Trinajstić information content (AvgIpc) is 3.13. The number of hydrogen-bond acceptors (Lipinski definition) is 3. The lowest BCUT2D eigenvalue weighted by molar-refractivity contribution is -0.0000300. The van der Waals surface area contributed by atoms with Crippen LogP contribution in [0.4, 0.5) is 0 Å². The van der Waals surface area contributed by atoms with Gasteiger partial charge in [-0.2, -0.15) is 0 Å². The van der Waals surface area contributed by atoms with Crippen molar-refractivity contribution in [1.29, 1.82) is 0 Å². The van der Waals surface area contributed by atoms with Crippen LogP contribution in [0.5, 0.6) is 0 Å². The third-order valence-electron chi connectivity index (χ3n) is 4.21. The molecule has 2 aliphatic rings. The molecule has 1 aliphatic carbocycles. The van der Waals surface area contributed by atoms with E-state index >= 15 is 0 Å². The Kier molecular flexibility index (Phi) is 4.22. The Morgan fingerprint density at radius 1 is 1.31 bits per heavy atom. The van der Waals surface area contributed by atoms with Crippen LogP contribution >= 0.6 is 0 Å². The Morgan fingerprint density at radius 3 is 2.50 bits per heavy atom. The van der Waals surface area contributed by atoms with Gasteiger partial charge in [0.15, 0.2) is 0 Å². The molecular formula is C13H26N2O. The van der Waals surface area contributed by atoms with Gasteiger partial charge >= 0.3 is 0 Å². The Balaban J connectivity index is 1.86. The highest BCUT2D eigenvalue weighted by atomic mass is 16.5. The molecule has 2 fully saturated rings. The molecule has 0 amide bonds. The summed E-state index contributed by atoms with van der Waals surface area (Å²) in [7, 11) is 0. The zero-order chi connectivity index (χ0) is 11.4. The van der Waals surface area contributed by atoms with Crippen LogP contribution in [0, 0.1) is 11.3 Å². The molecule has 0 aromatic rings. The van der Waals surface area contributed by atoms with Crippen molar-refractivity contribution in [2.75, 3.05) is 39.4 Å². The minimum absolute atomic E-state index is 0.336. The zero-order valence-corrected chi connectivity index (χ0v) is 10.6. The number of nitrogens with zero attached hydrogens (tertiary/aromatic N) is 1. The third kappa shape index (κ3) is 3.19. The van der Waals surface area contributed by atoms with E-state index in [1.165, 1.54) is 32.5 Å². The summed E-state index contributed by atoms with van der Waals surface area (Å²) in [4.78, 5) is 2.61. The molecule has 3 nitrogen and oxygen atoms in total. The van der Waals surface area contributed by atoms with E-state index in [1.54, 1.807) is 0 Å². The zero-order valence-electron chi connectivity index (χ0n) is 10.6. The summed E-state index contributed by atoms with van der Waals surface area (Å²) in [5.41, 5.74) is 6.34. The highest BCUT2D eigenvalue weighted by molar-refractivity contribution is 4.87. The Bertz CT molecular complexity index is 210. The molecule has 0 aromatic carbocycles. The van der Waals surface area contributed by atoms with E-state index in [4.69, 9.17) is 10.5 Å². The van der Waals surface area contributed by atoms with E-state index in [9.17, 15) is 0 Å². The van der Waals surface area contributed by atoms with Gasteiger partial charge in [0.05, 0.1) is 0 Å². The van der Waals surface area contributed by atoms with Gasteiger partial charge in [-0.25, -0.2) is 0 Å². The van der Waals surface area contributed by atoms with Crippen molar-refractivity contribution in [2.24, 2.45) is 17.1 Å². The molecule has 1 heterocycles. The maximum atomic E-state index is 6.01. The van der Waals surface area contributed by atoms with E-state index in [2.05, 4.69) is 11.8 Å². The number of ether oxygens (including phenoxy) is 1. The Hall–Kier alpha value is -0.120. The van der Waals surface area contributed by atoms with Crippen LogP contribution in [0.25, 0.3) is 0 Å². The van der Waals surface area contributed by atoms with Gasteiger partial charge in [0.2, 0.25) is 0 Å². The second-order valence-electron chi connectivity index (χ2n) is 5.59. The molecule has 1 saturated heterocycles. The summed E-state index contributed by atoms with van der Waals surface area (Å²) in [6.07, 6.45) is 5.17. The van der Waals surface area contributed by atoms with Gasteiger partial charge in [0, 0.05) is 26.3 Å². The fraction of sp³-hybridized carbons (Fsp3) is 1.00. The van der Waals surface area contributed by atoms with E-state index in [-0.39, 0.29) is 0 Å². The molecule has 0 spiro atoms. The van der Waals surface area contributed by atoms with Gasteiger partial charge in [-0.3, -0.25) is 0 Å². The second-order valence-corrected chi connectivity index (χ2v) is 5.59. The van der Waals surface area contributed by atoms with Crippen LogP contribution in [0.3, 0.4) is 0 Å². The van der Waals surface area contributed by atoms with Crippen molar-refractivity contribution in [2.45, 2.75) is 32.6 Å². The number of nitrogens with two attached hydrogens (primary N) is 1.